The molecule has 0 saturated carbocycles. The first-order chi connectivity index (χ1) is 16.3. The number of aliphatic hydroxyl groups is 1. The minimum absolute atomic E-state index is 0.0471. The Bertz CT molecular complexity index is 1090. The average Bonchev–Trinajstić information content (AvgIpc) is 2.77. The van der Waals surface area contributed by atoms with Gasteiger partial charge in [-0.15, -0.1) is 0 Å². The maximum Gasteiger partial charge on any atom is 0.251 e. The Balaban J connectivity index is 2.13. The average molecular weight is 503 g/mol. The molecule has 192 valence electrons. The van der Waals surface area contributed by atoms with E-state index in [9.17, 15) is 23.1 Å². The monoisotopic (exact) mass is 502 g/mol. The summed E-state index contributed by atoms with van der Waals surface area (Å²) < 4.78 is 23.8. The minimum atomic E-state index is -3.47. The Morgan fingerprint density at radius 2 is 1.69 bits per heavy atom. The molecule has 8 heteroatoms. The van der Waals surface area contributed by atoms with Gasteiger partial charge in [0.2, 0.25) is 5.91 Å². The van der Waals surface area contributed by atoms with Gasteiger partial charge in [0.1, 0.15) is 0 Å². The van der Waals surface area contributed by atoms with Gasteiger partial charge < -0.3 is 15.7 Å². The molecule has 2 amide bonds. The summed E-state index contributed by atoms with van der Waals surface area (Å²) in [5.41, 5.74) is 1.21. The highest BCUT2D eigenvalue weighted by molar-refractivity contribution is 7.90. The highest BCUT2D eigenvalue weighted by atomic mass is 32.2. The van der Waals surface area contributed by atoms with Crippen LogP contribution in [-0.2, 0) is 21.1 Å². The Labute approximate surface area is 209 Å². The third kappa shape index (κ3) is 9.82. The molecular weight excluding hydrogens is 464 g/mol. The molecule has 0 fully saturated rings. The molecule has 0 aromatic heterocycles. The molecule has 0 unspecified atom stereocenters. The molecule has 35 heavy (non-hydrogen) atoms. The highest BCUT2D eigenvalue weighted by Crippen LogP contribution is 2.18. The van der Waals surface area contributed by atoms with Gasteiger partial charge in [-0.1, -0.05) is 64.1 Å². The van der Waals surface area contributed by atoms with Crippen molar-refractivity contribution in [1.29, 1.82) is 0 Å². The van der Waals surface area contributed by atoms with E-state index in [0.29, 0.717) is 13.0 Å². The lowest BCUT2D eigenvalue weighted by Crippen LogP contribution is -2.46. The van der Waals surface area contributed by atoms with Crippen molar-refractivity contribution in [1.82, 2.24) is 10.6 Å². The van der Waals surface area contributed by atoms with Crippen LogP contribution in [0.15, 0.2) is 59.5 Å². The molecule has 7 nitrogen and oxygen atoms in total. The highest BCUT2D eigenvalue weighted by Gasteiger charge is 2.27. The lowest BCUT2D eigenvalue weighted by molar-refractivity contribution is -0.125. The zero-order valence-corrected chi connectivity index (χ0v) is 22.1. The van der Waals surface area contributed by atoms with E-state index in [4.69, 9.17) is 0 Å². The first-order valence-corrected chi connectivity index (χ1v) is 13.8. The van der Waals surface area contributed by atoms with E-state index in [1.165, 1.54) is 24.3 Å². The number of hydrogen-bond acceptors (Lipinski definition) is 5. The third-order valence-electron chi connectivity index (χ3n) is 5.82. The molecule has 2 rings (SSSR count). The van der Waals surface area contributed by atoms with E-state index in [0.717, 1.165) is 18.2 Å². The van der Waals surface area contributed by atoms with Crippen LogP contribution in [-0.4, -0.2) is 50.3 Å². The second-order valence-electron chi connectivity index (χ2n) is 10.4. The Hall–Kier alpha value is -2.71. The molecule has 0 heterocycles. The van der Waals surface area contributed by atoms with Gasteiger partial charge in [-0.05, 0) is 48.4 Å². The summed E-state index contributed by atoms with van der Waals surface area (Å²) in [7, 11) is -3.47. The number of rotatable bonds is 11. The molecule has 0 radical (unpaired) electrons. The Kier molecular flexibility index (Phi) is 10.0. The predicted octanol–water partition coefficient (Wildman–Crippen LogP) is 3.37. The number of aliphatic hydroxyl groups excluding tert-OH is 1. The summed E-state index contributed by atoms with van der Waals surface area (Å²) in [6.07, 6.45) is 1.47. The smallest absolute Gasteiger partial charge is 0.251 e. The summed E-state index contributed by atoms with van der Waals surface area (Å²) in [5.74, 6) is -1.08. The van der Waals surface area contributed by atoms with Crippen molar-refractivity contribution in [3.8, 4) is 0 Å². The molecule has 2 aromatic rings. The molecule has 0 aliphatic carbocycles. The second kappa shape index (κ2) is 12.3. The zero-order valence-electron chi connectivity index (χ0n) is 21.2. The number of carbonyl (C=O) groups is 2. The number of nitrogens with one attached hydrogen (secondary N) is 2. The summed E-state index contributed by atoms with van der Waals surface area (Å²) in [6, 6.07) is 14.6. The van der Waals surface area contributed by atoms with Crippen molar-refractivity contribution in [3.05, 3.63) is 65.7 Å². The van der Waals surface area contributed by atoms with Gasteiger partial charge in [0.05, 0.1) is 17.0 Å². The SMILES string of the molecule is C[C@@H](C[C@@H](O)[C@H](Cc1ccccc1)NC(=O)c1cccc(S(C)(=O)=O)c1)C(=O)NCCC(C)(C)C. The molecule has 0 aliphatic heterocycles. The van der Waals surface area contributed by atoms with Crippen LogP contribution in [0.1, 0.15) is 56.5 Å². The topological polar surface area (TPSA) is 113 Å². The minimum Gasteiger partial charge on any atom is -0.391 e. The standard InChI is InChI=1S/C27H38N2O5S/c1-19(25(31)28-15-14-27(2,3)4)16-24(30)23(17-20-10-7-6-8-11-20)29-26(32)21-12-9-13-22(18-21)35(5,33)34/h6-13,18-19,23-24,30H,14-17H2,1-5H3,(H,28,31)(H,29,32)/t19-,23-,24+/m0/s1. The molecule has 2 aromatic carbocycles. The van der Waals surface area contributed by atoms with Crippen molar-refractivity contribution in [2.24, 2.45) is 11.3 Å². The van der Waals surface area contributed by atoms with Crippen molar-refractivity contribution in [3.63, 3.8) is 0 Å². The van der Waals surface area contributed by atoms with Gasteiger partial charge in [0.25, 0.3) is 5.91 Å². The second-order valence-corrected chi connectivity index (χ2v) is 12.4. The fourth-order valence-electron chi connectivity index (χ4n) is 3.64. The maximum atomic E-state index is 13.0. The lowest BCUT2D eigenvalue weighted by Gasteiger charge is -2.27. The molecule has 3 atom stereocenters. The van der Waals surface area contributed by atoms with Crippen molar-refractivity contribution >= 4 is 21.7 Å². The first-order valence-electron chi connectivity index (χ1n) is 11.9. The van der Waals surface area contributed by atoms with Crippen LogP contribution < -0.4 is 10.6 Å². The molecule has 0 saturated heterocycles. The quantitative estimate of drug-likeness (QED) is 0.436. The van der Waals surface area contributed by atoms with Crippen LogP contribution in [0.3, 0.4) is 0 Å². The zero-order chi connectivity index (χ0) is 26.2. The van der Waals surface area contributed by atoms with E-state index in [1.807, 2.05) is 30.3 Å². The Morgan fingerprint density at radius 3 is 2.29 bits per heavy atom. The largest absolute Gasteiger partial charge is 0.391 e. The number of amides is 2. The van der Waals surface area contributed by atoms with Crippen LogP contribution in [0.2, 0.25) is 0 Å². The van der Waals surface area contributed by atoms with Gasteiger partial charge in [-0.2, -0.15) is 0 Å². The summed E-state index contributed by atoms with van der Waals surface area (Å²) in [4.78, 5) is 25.6. The van der Waals surface area contributed by atoms with Gasteiger partial charge >= 0.3 is 0 Å². The van der Waals surface area contributed by atoms with E-state index in [1.54, 1.807) is 6.92 Å². The van der Waals surface area contributed by atoms with Crippen molar-refractivity contribution in [2.45, 2.75) is 64.0 Å². The normalized spacial score (nSPS) is 14.6. The first kappa shape index (κ1) is 28.5. The van der Waals surface area contributed by atoms with E-state index in [-0.39, 0.29) is 28.2 Å². The van der Waals surface area contributed by atoms with E-state index >= 15 is 0 Å². The van der Waals surface area contributed by atoms with Crippen molar-refractivity contribution in [2.75, 3.05) is 12.8 Å². The van der Waals surface area contributed by atoms with Crippen LogP contribution in [0.5, 0.6) is 0 Å². The Morgan fingerprint density at radius 1 is 1.03 bits per heavy atom. The van der Waals surface area contributed by atoms with Crippen LogP contribution in [0.4, 0.5) is 0 Å². The van der Waals surface area contributed by atoms with Crippen LogP contribution >= 0.6 is 0 Å². The molecule has 0 bridgehead atoms. The summed E-state index contributed by atoms with van der Waals surface area (Å²) in [5, 5.41) is 16.8. The molecule has 0 spiro atoms. The van der Waals surface area contributed by atoms with Gasteiger partial charge in [0.15, 0.2) is 9.84 Å². The van der Waals surface area contributed by atoms with E-state index < -0.39 is 33.8 Å². The van der Waals surface area contributed by atoms with Gasteiger partial charge in [-0.3, -0.25) is 9.59 Å². The number of hydrogen-bond donors (Lipinski definition) is 3. The predicted molar refractivity (Wildman–Crippen MR) is 138 cm³/mol. The van der Waals surface area contributed by atoms with Crippen LogP contribution in [0.25, 0.3) is 0 Å². The number of benzene rings is 2. The fraction of sp³-hybridized carbons (Fsp3) is 0.481. The fourth-order valence-corrected chi connectivity index (χ4v) is 4.31. The third-order valence-corrected chi connectivity index (χ3v) is 6.93. The molecule has 0 aliphatic rings. The number of carbonyl (C=O) groups excluding carboxylic acids is 2. The number of sulfone groups is 1. The lowest BCUT2D eigenvalue weighted by atomic mass is 9.91. The summed E-state index contributed by atoms with van der Waals surface area (Å²) in [6.45, 7) is 8.63. The molecular formula is C27H38N2O5S. The van der Waals surface area contributed by atoms with Gasteiger partial charge in [-0.25, -0.2) is 8.42 Å². The van der Waals surface area contributed by atoms with Crippen LogP contribution in [0, 0.1) is 11.3 Å². The van der Waals surface area contributed by atoms with Crippen molar-refractivity contribution < 1.29 is 23.1 Å². The van der Waals surface area contributed by atoms with Gasteiger partial charge in [0, 0.05) is 24.3 Å². The molecule has 3 N–H and O–H groups in total. The maximum absolute atomic E-state index is 13.0. The summed E-state index contributed by atoms with van der Waals surface area (Å²) >= 11 is 0. The van der Waals surface area contributed by atoms with E-state index in [2.05, 4.69) is 31.4 Å².